The minimum atomic E-state index is -1.28. The number of hydrogen-bond donors (Lipinski definition) is 2. The van der Waals surface area contributed by atoms with E-state index in [4.69, 9.17) is 14.2 Å². The van der Waals surface area contributed by atoms with Crippen molar-refractivity contribution >= 4 is 11.9 Å². The summed E-state index contributed by atoms with van der Waals surface area (Å²) in [6.45, 7) is 10.6. The third-order valence-electron chi connectivity index (χ3n) is 6.35. The molecule has 1 aliphatic heterocycles. The average Bonchev–Trinajstić information content (AvgIpc) is 3.30. The van der Waals surface area contributed by atoms with Gasteiger partial charge in [0.25, 0.3) is 0 Å². The first-order valence-electron chi connectivity index (χ1n) is 10.5. The minimum Gasteiger partial charge on any atom is -0.469 e. The van der Waals surface area contributed by atoms with Crippen LogP contribution >= 0.6 is 0 Å². The number of aliphatic hydroxyl groups is 2. The molecule has 5 atom stereocenters. The van der Waals surface area contributed by atoms with Gasteiger partial charge in [0.1, 0.15) is 6.61 Å². The molecular formula is C23H36O7. The smallest absolute Gasteiger partial charge is 0.313 e. The van der Waals surface area contributed by atoms with Crippen LogP contribution in [-0.4, -0.2) is 59.3 Å². The van der Waals surface area contributed by atoms with Gasteiger partial charge < -0.3 is 24.4 Å². The van der Waals surface area contributed by atoms with Crippen molar-refractivity contribution < 1.29 is 34.0 Å². The monoisotopic (exact) mass is 424 g/mol. The van der Waals surface area contributed by atoms with Gasteiger partial charge in [-0.25, -0.2) is 0 Å². The van der Waals surface area contributed by atoms with Gasteiger partial charge in [-0.1, -0.05) is 18.2 Å². The summed E-state index contributed by atoms with van der Waals surface area (Å²) in [5.74, 6) is -1.68. The lowest BCUT2D eigenvalue weighted by molar-refractivity contribution is -0.145. The van der Waals surface area contributed by atoms with E-state index in [0.29, 0.717) is 18.4 Å². The number of rotatable bonds is 7. The third-order valence-corrected chi connectivity index (χ3v) is 6.35. The molecular weight excluding hydrogens is 388 g/mol. The maximum absolute atomic E-state index is 12.7. The molecule has 1 saturated heterocycles. The Morgan fingerprint density at radius 2 is 2.07 bits per heavy atom. The fourth-order valence-corrected chi connectivity index (χ4v) is 4.15. The molecule has 7 nitrogen and oxygen atoms in total. The van der Waals surface area contributed by atoms with Crippen LogP contribution < -0.4 is 0 Å². The largest absolute Gasteiger partial charge is 0.469 e. The van der Waals surface area contributed by atoms with Gasteiger partial charge in [-0.15, -0.1) is 0 Å². The number of carbonyl (C=O) groups is 2. The van der Waals surface area contributed by atoms with Crippen molar-refractivity contribution in [1.82, 2.24) is 0 Å². The summed E-state index contributed by atoms with van der Waals surface area (Å²) >= 11 is 0. The SMILES string of the molecule is C=C1CC[C@H]2O[C@@]2(C)CC[C@H](/C(=C\C[C@H](O)C(C)(C)O)COC(C)=O)[C@H]1C(=O)OC. The number of epoxide rings is 1. The highest BCUT2D eigenvalue weighted by Gasteiger charge is 2.53. The molecule has 0 bridgehead atoms. The lowest BCUT2D eigenvalue weighted by Gasteiger charge is -2.30. The van der Waals surface area contributed by atoms with Gasteiger partial charge in [-0.2, -0.15) is 0 Å². The Labute approximate surface area is 179 Å². The predicted octanol–water partition coefficient (Wildman–Crippen LogP) is 2.69. The normalized spacial score (nSPS) is 31.0. The van der Waals surface area contributed by atoms with Crippen molar-refractivity contribution in [1.29, 1.82) is 0 Å². The van der Waals surface area contributed by atoms with Crippen LogP contribution in [0.1, 0.15) is 59.8 Å². The van der Waals surface area contributed by atoms with Crippen LogP contribution in [-0.2, 0) is 23.8 Å². The zero-order valence-electron chi connectivity index (χ0n) is 18.8. The Hall–Kier alpha value is -1.70. The van der Waals surface area contributed by atoms with Gasteiger partial charge in [-0.05, 0) is 58.4 Å². The fraction of sp³-hybridized carbons (Fsp3) is 0.739. The van der Waals surface area contributed by atoms with Gasteiger partial charge in [0.05, 0.1) is 36.4 Å². The highest BCUT2D eigenvalue weighted by Crippen LogP contribution is 2.48. The Morgan fingerprint density at radius 1 is 1.40 bits per heavy atom. The van der Waals surface area contributed by atoms with Gasteiger partial charge in [0.15, 0.2) is 0 Å². The van der Waals surface area contributed by atoms with Crippen molar-refractivity contribution in [3.05, 3.63) is 23.8 Å². The summed E-state index contributed by atoms with van der Waals surface area (Å²) in [6.07, 6.45) is 3.89. The van der Waals surface area contributed by atoms with E-state index in [2.05, 4.69) is 13.5 Å². The number of aliphatic hydroxyl groups excluding tert-OH is 1. The molecule has 1 aliphatic carbocycles. The first-order valence-corrected chi connectivity index (χ1v) is 10.5. The fourth-order valence-electron chi connectivity index (χ4n) is 4.15. The van der Waals surface area contributed by atoms with E-state index in [1.54, 1.807) is 6.08 Å². The second-order valence-electron chi connectivity index (χ2n) is 9.23. The Kier molecular flexibility index (Phi) is 7.88. The van der Waals surface area contributed by atoms with Crippen LogP contribution in [0.3, 0.4) is 0 Å². The summed E-state index contributed by atoms with van der Waals surface area (Å²) in [5.41, 5.74) is -0.0194. The van der Waals surface area contributed by atoms with Gasteiger partial charge in [-0.3, -0.25) is 9.59 Å². The molecule has 1 heterocycles. The lowest BCUT2D eigenvalue weighted by atomic mass is 9.77. The first kappa shape index (κ1) is 24.6. The molecule has 0 spiro atoms. The van der Waals surface area contributed by atoms with Crippen LogP contribution in [0.15, 0.2) is 23.8 Å². The van der Waals surface area contributed by atoms with Crippen LogP contribution in [0.25, 0.3) is 0 Å². The maximum Gasteiger partial charge on any atom is 0.313 e. The van der Waals surface area contributed by atoms with Gasteiger partial charge >= 0.3 is 11.9 Å². The summed E-state index contributed by atoms with van der Waals surface area (Å²) in [5, 5.41) is 20.4. The molecule has 0 aromatic rings. The standard InChI is InChI=1S/C23H36O7/c1-14-7-10-19-23(5,30-19)12-11-17(20(14)21(26)28-6)16(13-29-15(2)24)8-9-18(25)22(3,4)27/h8,17-20,25,27H,1,7,9-13H2,2-6H3/b16-8-/t17-,18+,19-,20+,23+/m1/s1. The number of hydrogen-bond acceptors (Lipinski definition) is 7. The molecule has 2 rings (SSSR count). The summed E-state index contributed by atoms with van der Waals surface area (Å²) in [4.78, 5) is 24.2. The van der Waals surface area contributed by atoms with E-state index < -0.39 is 23.6 Å². The molecule has 0 amide bonds. The number of esters is 2. The highest BCUT2D eigenvalue weighted by molar-refractivity contribution is 5.76. The molecule has 2 fully saturated rings. The molecule has 2 N–H and O–H groups in total. The minimum absolute atomic E-state index is 0.000349. The van der Waals surface area contributed by atoms with Crippen LogP contribution in [0, 0.1) is 11.8 Å². The maximum atomic E-state index is 12.7. The molecule has 170 valence electrons. The molecule has 0 radical (unpaired) electrons. The summed E-state index contributed by atoms with van der Waals surface area (Å²) in [7, 11) is 1.36. The van der Waals surface area contributed by atoms with E-state index in [9.17, 15) is 19.8 Å². The molecule has 0 unspecified atom stereocenters. The number of ether oxygens (including phenoxy) is 3. The topological polar surface area (TPSA) is 106 Å². The highest BCUT2D eigenvalue weighted by atomic mass is 16.6. The lowest BCUT2D eigenvalue weighted by Crippen LogP contribution is -2.35. The van der Waals surface area contributed by atoms with E-state index in [0.717, 1.165) is 18.4 Å². The van der Waals surface area contributed by atoms with Crippen LogP contribution in [0.2, 0.25) is 0 Å². The number of methoxy groups -OCH3 is 1. The van der Waals surface area contributed by atoms with Crippen molar-refractivity contribution in [2.24, 2.45) is 11.8 Å². The molecule has 0 aromatic carbocycles. The van der Waals surface area contributed by atoms with Crippen molar-refractivity contribution in [2.45, 2.75) is 83.2 Å². The zero-order valence-corrected chi connectivity index (χ0v) is 18.8. The molecule has 2 aliphatic rings. The van der Waals surface area contributed by atoms with Crippen LogP contribution in [0.5, 0.6) is 0 Å². The molecule has 30 heavy (non-hydrogen) atoms. The molecule has 7 heteroatoms. The third kappa shape index (κ3) is 6.15. The first-order chi connectivity index (χ1) is 13.9. The summed E-state index contributed by atoms with van der Waals surface area (Å²) < 4.78 is 16.2. The Morgan fingerprint density at radius 3 is 2.63 bits per heavy atom. The molecule has 1 saturated carbocycles. The van der Waals surface area contributed by atoms with Crippen molar-refractivity contribution in [3.63, 3.8) is 0 Å². The number of fused-ring (bicyclic) bond motifs is 1. The van der Waals surface area contributed by atoms with E-state index in [1.807, 2.05) is 0 Å². The second kappa shape index (κ2) is 9.62. The van der Waals surface area contributed by atoms with Crippen LogP contribution in [0.4, 0.5) is 0 Å². The quantitative estimate of drug-likeness (QED) is 0.368. The van der Waals surface area contributed by atoms with Crippen molar-refractivity contribution in [3.8, 4) is 0 Å². The van der Waals surface area contributed by atoms with Gasteiger partial charge in [0.2, 0.25) is 0 Å². The molecule has 0 aromatic heterocycles. The van der Waals surface area contributed by atoms with Gasteiger partial charge in [0, 0.05) is 12.8 Å². The average molecular weight is 425 g/mol. The second-order valence-corrected chi connectivity index (χ2v) is 9.23. The summed E-state index contributed by atoms with van der Waals surface area (Å²) in [6, 6.07) is 0. The van der Waals surface area contributed by atoms with E-state index in [-0.39, 0.29) is 36.6 Å². The Bertz CT molecular complexity index is 690. The number of carbonyl (C=O) groups excluding carboxylic acids is 2. The van der Waals surface area contributed by atoms with Crippen molar-refractivity contribution in [2.75, 3.05) is 13.7 Å². The predicted molar refractivity (Wildman–Crippen MR) is 112 cm³/mol. The van der Waals surface area contributed by atoms with E-state index in [1.165, 1.54) is 27.9 Å². The Balaban J connectivity index is 2.39. The van der Waals surface area contributed by atoms with E-state index >= 15 is 0 Å². The zero-order chi connectivity index (χ0) is 22.7.